The van der Waals surface area contributed by atoms with Crippen molar-refractivity contribution in [3.63, 3.8) is 0 Å². The van der Waals surface area contributed by atoms with Crippen LogP contribution < -0.4 is 14.8 Å². The standard InChI is InChI=1S/C12H13N3O3/c1-17-10-4-3-8(5-11(10)18-2)9-6-15(7-13)12(16)14-9/h3-5,9H,6H2,1-2H3,(H,14,16). The summed E-state index contributed by atoms with van der Waals surface area (Å²) < 4.78 is 10.3. The van der Waals surface area contributed by atoms with E-state index >= 15 is 0 Å². The summed E-state index contributed by atoms with van der Waals surface area (Å²) in [6.07, 6.45) is 1.83. The second-order valence-corrected chi connectivity index (χ2v) is 3.83. The summed E-state index contributed by atoms with van der Waals surface area (Å²) in [6.45, 7) is 0.324. The Morgan fingerprint density at radius 2 is 2.11 bits per heavy atom. The first-order valence-electron chi connectivity index (χ1n) is 5.39. The van der Waals surface area contributed by atoms with Crippen molar-refractivity contribution in [3.05, 3.63) is 23.8 Å². The smallest absolute Gasteiger partial charge is 0.331 e. The third-order valence-electron chi connectivity index (χ3n) is 2.84. The molecule has 0 aliphatic carbocycles. The van der Waals surface area contributed by atoms with E-state index in [1.807, 2.05) is 12.3 Å². The molecule has 0 saturated carbocycles. The third kappa shape index (κ3) is 2.02. The van der Waals surface area contributed by atoms with Gasteiger partial charge in [-0.15, -0.1) is 0 Å². The Hall–Kier alpha value is -2.42. The van der Waals surface area contributed by atoms with Gasteiger partial charge in [-0.05, 0) is 17.7 Å². The van der Waals surface area contributed by atoms with Crippen LogP contribution >= 0.6 is 0 Å². The number of amides is 2. The number of hydrogen-bond acceptors (Lipinski definition) is 4. The van der Waals surface area contributed by atoms with Gasteiger partial charge in [0.2, 0.25) is 0 Å². The molecule has 0 spiro atoms. The molecule has 94 valence electrons. The Balaban J connectivity index is 2.25. The van der Waals surface area contributed by atoms with Crippen LogP contribution in [0.1, 0.15) is 11.6 Å². The van der Waals surface area contributed by atoms with Crippen LogP contribution in [0.4, 0.5) is 4.79 Å². The van der Waals surface area contributed by atoms with Gasteiger partial charge in [0.05, 0.1) is 26.8 Å². The maximum absolute atomic E-state index is 11.4. The highest BCUT2D eigenvalue weighted by Gasteiger charge is 2.30. The van der Waals surface area contributed by atoms with Gasteiger partial charge < -0.3 is 14.8 Å². The molecule has 6 heteroatoms. The van der Waals surface area contributed by atoms with Crippen molar-refractivity contribution in [3.8, 4) is 17.7 Å². The molecule has 0 radical (unpaired) electrons. The average molecular weight is 247 g/mol. The molecule has 1 N–H and O–H groups in total. The Morgan fingerprint density at radius 1 is 1.39 bits per heavy atom. The van der Waals surface area contributed by atoms with E-state index in [4.69, 9.17) is 14.7 Å². The van der Waals surface area contributed by atoms with Crippen LogP contribution in [0.25, 0.3) is 0 Å². The Morgan fingerprint density at radius 3 is 2.67 bits per heavy atom. The highest BCUT2D eigenvalue weighted by atomic mass is 16.5. The second-order valence-electron chi connectivity index (χ2n) is 3.83. The quantitative estimate of drug-likeness (QED) is 0.816. The largest absolute Gasteiger partial charge is 0.493 e. The first kappa shape index (κ1) is 12.0. The lowest BCUT2D eigenvalue weighted by molar-refractivity contribution is 0.232. The molecular formula is C12H13N3O3. The fraction of sp³-hybridized carbons (Fsp3) is 0.333. The molecule has 2 amide bonds. The number of ether oxygens (including phenoxy) is 2. The van der Waals surface area contributed by atoms with Crippen LogP contribution in [0.15, 0.2) is 18.2 Å². The van der Waals surface area contributed by atoms with E-state index in [2.05, 4.69) is 5.32 Å². The molecule has 1 aromatic carbocycles. The van der Waals surface area contributed by atoms with Crippen LogP contribution in [-0.4, -0.2) is 31.7 Å². The van der Waals surface area contributed by atoms with Crippen molar-refractivity contribution < 1.29 is 14.3 Å². The number of rotatable bonds is 3. The summed E-state index contributed by atoms with van der Waals surface area (Å²) >= 11 is 0. The molecule has 1 aliphatic heterocycles. The normalized spacial score (nSPS) is 18.2. The van der Waals surface area contributed by atoms with E-state index in [0.717, 1.165) is 10.5 Å². The van der Waals surface area contributed by atoms with Gasteiger partial charge in [0.1, 0.15) is 0 Å². The summed E-state index contributed by atoms with van der Waals surface area (Å²) in [5.74, 6) is 1.22. The number of carbonyl (C=O) groups is 1. The van der Waals surface area contributed by atoms with E-state index in [1.54, 1.807) is 26.4 Å². The molecule has 0 aromatic heterocycles. The zero-order chi connectivity index (χ0) is 13.1. The van der Waals surface area contributed by atoms with Gasteiger partial charge in [0.15, 0.2) is 17.7 Å². The molecule has 1 saturated heterocycles. The number of nitriles is 1. The summed E-state index contributed by atoms with van der Waals surface area (Å²) in [6, 6.07) is 4.82. The first-order chi connectivity index (χ1) is 8.69. The van der Waals surface area contributed by atoms with Crippen LogP contribution in [0.5, 0.6) is 11.5 Å². The lowest BCUT2D eigenvalue weighted by Gasteiger charge is -2.13. The summed E-state index contributed by atoms with van der Waals surface area (Å²) in [5, 5.41) is 11.5. The minimum atomic E-state index is -0.378. The van der Waals surface area contributed by atoms with Gasteiger partial charge in [-0.2, -0.15) is 5.26 Å². The highest BCUT2D eigenvalue weighted by Crippen LogP contribution is 2.31. The van der Waals surface area contributed by atoms with E-state index in [0.29, 0.717) is 18.0 Å². The molecule has 18 heavy (non-hydrogen) atoms. The number of hydrogen-bond donors (Lipinski definition) is 1. The maximum atomic E-state index is 11.4. The first-order valence-corrected chi connectivity index (χ1v) is 5.39. The van der Waals surface area contributed by atoms with E-state index in [-0.39, 0.29) is 12.1 Å². The molecule has 1 atom stereocenters. The molecule has 1 heterocycles. The number of methoxy groups -OCH3 is 2. The molecule has 2 rings (SSSR count). The molecular weight excluding hydrogens is 234 g/mol. The minimum absolute atomic E-state index is 0.211. The predicted molar refractivity (Wildman–Crippen MR) is 63.1 cm³/mol. The van der Waals surface area contributed by atoms with Crippen molar-refractivity contribution in [2.24, 2.45) is 0 Å². The van der Waals surface area contributed by atoms with Crippen molar-refractivity contribution >= 4 is 6.03 Å². The number of benzene rings is 1. The lowest BCUT2D eigenvalue weighted by Crippen LogP contribution is -2.23. The van der Waals surface area contributed by atoms with Crippen LogP contribution in [0, 0.1) is 11.5 Å². The van der Waals surface area contributed by atoms with Gasteiger partial charge >= 0.3 is 6.03 Å². The summed E-state index contributed by atoms with van der Waals surface area (Å²) in [7, 11) is 3.11. The Kier molecular flexibility index (Phi) is 3.24. The Labute approximate surface area is 105 Å². The average Bonchev–Trinajstić information content (AvgIpc) is 2.79. The Bertz CT molecular complexity index is 510. The second kappa shape index (κ2) is 4.84. The van der Waals surface area contributed by atoms with Crippen molar-refractivity contribution in [1.82, 2.24) is 10.2 Å². The molecule has 1 unspecified atom stereocenters. The van der Waals surface area contributed by atoms with Crippen LogP contribution in [0.3, 0.4) is 0 Å². The lowest BCUT2D eigenvalue weighted by atomic mass is 10.1. The highest BCUT2D eigenvalue weighted by molar-refractivity contribution is 5.78. The molecule has 1 fully saturated rings. The van der Waals surface area contributed by atoms with Crippen molar-refractivity contribution in [2.45, 2.75) is 6.04 Å². The van der Waals surface area contributed by atoms with Gasteiger partial charge in [-0.1, -0.05) is 6.07 Å². The fourth-order valence-corrected chi connectivity index (χ4v) is 1.88. The third-order valence-corrected chi connectivity index (χ3v) is 2.84. The zero-order valence-electron chi connectivity index (χ0n) is 10.1. The number of urea groups is 1. The van der Waals surface area contributed by atoms with Crippen molar-refractivity contribution in [2.75, 3.05) is 20.8 Å². The van der Waals surface area contributed by atoms with Crippen LogP contribution in [0.2, 0.25) is 0 Å². The van der Waals surface area contributed by atoms with Gasteiger partial charge in [0.25, 0.3) is 0 Å². The minimum Gasteiger partial charge on any atom is -0.493 e. The number of nitrogens with one attached hydrogen (secondary N) is 1. The van der Waals surface area contributed by atoms with Gasteiger partial charge in [-0.3, -0.25) is 0 Å². The SMILES string of the molecule is COc1ccc(C2CN(C#N)C(=O)N2)cc1OC. The molecule has 1 aliphatic rings. The van der Waals surface area contributed by atoms with Gasteiger partial charge in [0, 0.05) is 0 Å². The van der Waals surface area contributed by atoms with Gasteiger partial charge in [-0.25, -0.2) is 9.69 Å². The van der Waals surface area contributed by atoms with E-state index in [1.165, 1.54) is 0 Å². The predicted octanol–water partition coefficient (Wildman–Crippen LogP) is 1.25. The maximum Gasteiger partial charge on any atom is 0.331 e. The van der Waals surface area contributed by atoms with E-state index < -0.39 is 0 Å². The van der Waals surface area contributed by atoms with Crippen LogP contribution in [-0.2, 0) is 0 Å². The topological polar surface area (TPSA) is 74.6 Å². The molecule has 0 bridgehead atoms. The zero-order valence-corrected chi connectivity index (χ0v) is 10.1. The van der Waals surface area contributed by atoms with Crippen molar-refractivity contribution in [1.29, 1.82) is 5.26 Å². The molecule has 6 nitrogen and oxygen atoms in total. The summed E-state index contributed by atoms with van der Waals surface area (Å²) in [4.78, 5) is 12.5. The fourth-order valence-electron chi connectivity index (χ4n) is 1.88. The van der Waals surface area contributed by atoms with E-state index in [9.17, 15) is 4.79 Å². The monoisotopic (exact) mass is 247 g/mol. The number of carbonyl (C=O) groups excluding carboxylic acids is 1. The summed E-state index contributed by atoms with van der Waals surface area (Å²) in [5.41, 5.74) is 0.874. The molecule has 1 aromatic rings. The number of nitrogens with zero attached hydrogens (tertiary/aromatic N) is 2.